The lowest BCUT2D eigenvalue weighted by molar-refractivity contribution is -0.147. The van der Waals surface area contributed by atoms with Crippen molar-refractivity contribution in [3.63, 3.8) is 0 Å². The first-order valence-electron chi connectivity index (χ1n) is 11.4. The number of allylic oxidation sites excluding steroid dienone is 1. The van der Waals surface area contributed by atoms with Gasteiger partial charge in [-0.1, -0.05) is 25.0 Å². The van der Waals surface area contributed by atoms with Gasteiger partial charge in [-0.15, -0.1) is 0 Å². The number of benzene rings is 1. The standard InChI is InChI=1S/C26H32N2O4/c1-4-5-22-11-25(31-3)20(12-27-22)16-32-23-8-9-24-17(2)19(7-6-18(24)10-23)13-28-14-21(15-28)26(29)30/h8-12,21H,4-7,13-16H2,1-3H3,(H,29,30). The molecule has 1 fully saturated rings. The summed E-state index contributed by atoms with van der Waals surface area (Å²) in [5.41, 5.74) is 7.29. The largest absolute Gasteiger partial charge is 0.496 e. The number of carboxylic acids is 1. The lowest BCUT2D eigenvalue weighted by atomic mass is 9.85. The van der Waals surface area contributed by atoms with Crippen LogP contribution in [0.4, 0.5) is 0 Å². The van der Waals surface area contributed by atoms with E-state index >= 15 is 0 Å². The molecule has 0 saturated carbocycles. The van der Waals surface area contributed by atoms with E-state index in [0.29, 0.717) is 19.7 Å². The fraction of sp³-hybridized carbons (Fsp3) is 0.462. The van der Waals surface area contributed by atoms with Gasteiger partial charge in [-0.25, -0.2) is 0 Å². The average Bonchev–Trinajstić information content (AvgIpc) is 2.76. The molecule has 1 aromatic heterocycles. The van der Waals surface area contributed by atoms with Crippen molar-refractivity contribution in [1.82, 2.24) is 9.88 Å². The molecule has 32 heavy (non-hydrogen) atoms. The second kappa shape index (κ2) is 9.74. The van der Waals surface area contributed by atoms with E-state index in [1.807, 2.05) is 18.3 Å². The number of rotatable bonds is 9. The number of likely N-dealkylation sites (tertiary alicyclic amines) is 1. The van der Waals surface area contributed by atoms with Crippen LogP contribution in [0.15, 0.2) is 36.0 Å². The van der Waals surface area contributed by atoms with Gasteiger partial charge < -0.3 is 14.6 Å². The van der Waals surface area contributed by atoms with Crippen LogP contribution in [0.25, 0.3) is 5.57 Å². The number of aryl methyl sites for hydroxylation is 2. The normalized spacial score (nSPS) is 16.5. The summed E-state index contributed by atoms with van der Waals surface area (Å²) in [5, 5.41) is 9.08. The molecule has 1 N–H and O–H groups in total. The fourth-order valence-corrected chi connectivity index (χ4v) is 4.58. The minimum atomic E-state index is -0.682. The number of hydrogen-bond acceptors (Lipinski definition) is 5. The first-order valence-corrected chi connectivity index (χ1v) is 11.4. The van der Waals surface area contributed by atoms with Gasteiger partial charge in [0.05, 0.1) is 13.0 Å². The van der Waals surface area contributed by atoms with Crippen molar-refractivity contribution in [2.75, 3.05) is 26.7 Å². The molecule has 0 spiro atoms. The van der Waals surface area contributed by atoms with Gasteiger partial charge in [-0.05, 0) is 55.0 Å². The van der Waals surface area contributed by atoms with Gasteiger partial charge >= 0.3 is 5.97 Å². The lowest BCUT2D eigenvalue weighted by Crippen LogP contribution is -2.50. The van der Waals surface area contributed by atoms with Crippen LogP contribution in [0.5, 0.6) is 11.5 Å². The Labute approximate surface area is 189 Å². The molecule has 170 valence electrons. The third-order valence-electron chi connectivity index (χ3n) is 6.55. The minimum absolute atomic E-state index is 0.205. The number of methoxy groups -OCH3 is 1. The molecule has 2 heterocycles. The Morgan fingerprint density at radius 2 is 2.06 bits per heavy atom. The number of carboxylic acid groups (broad SMARTS) is 1. The van der Waals surface area contributed by atoms with Gasteiger partial charge in [-0.3, -0.25) is 14.7 Å². The van der Waals surface area contributed by atoms with Crippen molar-refractivity contribution in [3.8, 4) is 11.5 Å². The number of ether oxygens (including phenoxy) is 2. The predicted octanol–water partition coefficient (Wildman–Crippen LogP) is 4.36. The molecule has 0 radical (unpaired) electrons. The molecule has 0 amide bonds. The zero-order valence-corrected chi connectivity index (χ0v) is 19.2. The van der Waals surface area contributed by atoms with E-state index in [4.69, 9.17) is 14.6 Å². The zero-order valence-electron chi connectivity index (χ0n) is 19.2. The molecule has 0 atom stereocenters. The van der Waals surface area contributed by atoms with Crippen molar-refractivity contribution in [3.05, 3.63) is 58.4 Å². The molecule has 6 nitrogen and oxygen atoms in total. The SMILES string of the molecule is CCCc1cc(OC)c(COc2ccc3c(c2)CCC(CN2CC(C(=O)O)C2)=C3C)cn1. The third kappa shape index (κ3) is 4.80. The quantitative estimate of drug-likeness (QED) is 0.630. The Morgan fingerprint density at radius 3 is 2.78 bits per heavy atom. The summed E-state index contributed by atoms with van der Waals surface area (Å²) in [6, 6.07) is 8.32. The zero-order chi connectivity index (χ0) is 22.7. The van der Waals surface area contributed by atoms with E-state index in [1.165, 1.54) is 22.3 Å². The molecule has 1 aromatic carbocycles. The van der Waals surface area contributed by atoms with Gasteiger partial charge in [0.2, 0.25) is 0 Å². The minimum Gasteiger partial charge on any atom is -0.496 e. The maximum Gasteiger partial charge on any atom is 0.309 e. The highest BCUT2D eigenvalue weighted by Gasteiger charge is 2.33. The van der Waals surface area contributed by atoms with Crippen molar-refractivity contribution in [1.29, 1.82) is 0 Å². The van der Waals surface area contributed by atoms with Gasteiger partial charge in [0.25, 0.3) is 0 Å². The molecular formula is C26H32N2O4. The van der Waals surface area contributed by atoms with Crippen LogP contribution in [-0.4, -0.2) is 47.7 Å². The summed E-state index contributed by atoms with van der Waals surface area (Å²) in [6.45, 7) is 6.92. The Bertz CT molecular complexity index is 1020. The van der Waals surface area contributed by atoms with Crippen molar-refractivity contribution < 1.29 is 19.4 Å². The molecular weight excluding hydrogens is 404 g/mol. The van der Waals surface area contributed by atoms with Gasteiger partial charge in [0.1, 0.15) is 18.1 Å². The second-order valence-electron chi connectivity index (χ2n) is 8.80. The molecule has 1 aliphatic heterocycles. The van der Waals surface area contributed by atoms with E-state index < -0.39 is 5.97 Å². The van der Waals surface area contributed by atoms with E-state index in [2.05, 4.69) is 35.9 Å². The summed E-state index contributed by atoms with van der Waals surface area (Å²) in [4.78, 5) is 17.8. The summed E-state index contributed by atoms with van der Waals surface area (Å²) < 4.78 is 11.6. The van der Waals surface area contributed by atoms with Crippen LogP contribution >= 0.6 is 0 Å². The number of fused-ring (bicyclic) bond motifs is 1. The maximum atomic E-state index is 11.0. The molecule has 6 heteroatoms. The lowest BCUT2D eigenvalue weighted by Gasteiger charge is -2.38. The fourth-order valence-electron chi connectivity index (χ4n) is 4.58. The third-order valence-corrected chi connectivity index (χ3v) is 6.55. The first kappa shape index (κ1) is 22.3. The summed E-state index contributed by atoms with van der Waals surface area (Å²) >= 11 is 0. The number of pyridine rings is 1. The second-order valence-corrected chi connectivity index (χ2v) is 8.80. The van der Waals surface area contributed by atoms with Crippen LogP contribution in [0.2, 0.25) is 0 Å². The first-order chi connectivity index (χ1) is 15.5. The highest BCUT2D eigenvalue weighted by atomic mass is 16.5. The summed E-state index contributed by atoms with van der Waals surface area (Å²) in [7, 11) is 1.68. The van der Waals surface area contributed by atoms with Crippen molar-refractivity contribution >= 4 is 11.5 Å². The highest BCUT2D eigenvalue weighted by molar-refractivity contribution is 5.73. The summed E-state index contributed by atoms with van der Waals surface area (Å²) in [5.74, 6) is 0.787. The Hall–Kier alpha value is -2.86. The van der Waals surface area contributed by atoms with Crippen LogP contribution in [0, 0.1) is 5.92 Å². The Morgan fingerprint density at radius 1 is 1.25 bits per heavy atom. The van der Waals surface area contributed by atoms with Crippen LogP contribution < -0.4 is 9.47 Å². The monoisotopic (exact) mass is 436 g/mol. The molecule has 0 bridgehead atoms. The van der Waals surface area contributed by atoms with E-state index in [1.54, 1.807) is 7.11 Å². The topological polar surface area (TPSA) is 71.9 Å². The van der Waals surface area contributed by atoms with Gasteiger partial charge in [-0.2, -0.15) is 0 Å². The number of aliphatic carboxylic acids is 1. The Balaban J connectivity index is 1.41. The van der Waals surface area contributed by atoms with Gasteiger partial charge in [0.15, 0.2) is 0 Å². The van der Waals surface area contributed by atoms with Gasteiger partial charge in [0, 0.05) is 43.2 Å². The number of aromatic nitrogens is 1. The van der Waals surface area contributed by atoms with E-state index in [9.17, 15) is 4.79 Å². The molecule has 2 aromatic rings. The molecule has 4 rings (SSSR count). The highest BCUT2D eigenvalue weighted by Crippen LogP contribution is 2.35. The smallest absolute Gasteiger partial charge is 0.309 e. The van der Waals surface area contributed by atoms with E-state index in [0.717, 1.165) is 55.0 Å². The van der Waals surface area contributed by atoms with Crippen LogP contribution in [-0.2, 0) is 24.2 Å². The van der Waals surface area contributed by atoms with Crippen molar-refractivity contribution in [2.45, 2.75) is 46.1 Å². The van der Waals surface area contributed by atoms with E-state index in [-0.39, 0.29) is 5.92 Å². The summed E-state index contributed by atoms with van der Waals surface area (Å²) in [6.07, 6.45) is 5.83. The van der Waals surface area contributed by atoms with Crippen LogP contribution in [0.3, 0.4) is 0 Å². The maximum absolute atomic E-state index is 11.0. The number of nitrogens with zero attached hydrogens (tertiary/aromatic N) is 2. The van der Waals surface area contributed by atoms with Crippen LogP contribution in [0.1, 0.15) is 49.1 Å². The molecule has 1 aliphatic carbocycles. The molecule has 2 aliphatic rings. The number of carbonyl (C=O) groups is 1. The number of hydrogen-bond donors (Lipinski definition) is 1. The Kier molecular flexibility index (Phi) is 6.80. The molecule has 0 unspecified atom stereocenters. The average molecular weight is 437 g/mol. The predicted molar refractivity (Wildman–Crippen MR) is 124 cm³/mol. The molecule has 1 saturated heterocycles. The van der Waals surface area contributed by atoms with Crippen molar-refractivity contribution in [2.24, 2.45) is 5.92 Å².